The second-order valence-electron chi connectivity index (χ2n) is 14.4. The zero-order valence-corrected chi connectivity index (χ0v) is 32.3. The lowest BCUT2D eigenvalue weighted by Gasteiger charge is -2.21. The van der Waals surface area contributed by atoms with Crippen molar-refractivity contribution in [2.75, 3.05) is 30.7 Å². The van der Waals surface area contributed by atoms with Crippen LogP contribution in [0.3, 0.4) is 0 Å². The highest BCUT2D eigenvalue weighted by molar-refractivity contribution is 6.63. The molecule has 0 bridgehead atoms. The molecule has 0 saturated heterocycles. The third-order valence-corrected chi connectivity index (χ3v) is 7.20. The van der Waals surface area contributed by atoms with Gasteiger partial charge in [-0.15, -0.1) is 0 Å². The Hall–Kier alpha value is -3.43. The van der Waals surface area contributed by atoms with E-state index < -0.39 is 11.9 Å². The molecule has 0 spiro atoms. The topological polar surface area (TPSA) is 150 Å². The molecule has 1 amide bonds. The van der Waals surface area contributed by atoms with Crippen LogP contribution in [0.25, 0.3) is 0 Å². The van der Waals surface area contributed by atoms with Gasteiger partial charge in [-0.3, -0.25) is 9.59 Å². The van der Waals surface area contributed by atoms with Gasteiger partial charge in [0.25, 0.3) is 0 Å². The fourth-order valence-corrected chi connectivity index (χ4v) is 4.40. The standard InChI is InChI=1S/C16H23NO3.C11H15NO2.C6H15N.C5H9ClO.CH4/c1-10(2)8-14(18)17-13-9-11(16(3,4)5)6-7-12(13)15(19)20;1-11(2,3)7-4-5-8(10(13)14)9(12)6-7;1-4-7(5-2)6-3;1-4(2)3-5(6)7;/h6-7,9-10H,8H2,1-5H3,(H,17,18)(H,19,20);4-6H,12H2,1-3H3,(H,13,14);4-6H2,1-3H3;4H,3H2,1-2H3;1H4. The van der Waals surface area contributed by atoms with Crippen molar-refractivity contribution in [3.05, 3.63) is 58.7 Å². The Labute approximate surface area is 302 Å². The minimum Gasteiger partial charge on any atom is -0.478 e. The van der Waals surface area contributed by atoms with Crippen molar-refractivity contribution >= 4 is 46.1 Å². The first kappa shape index (κ1) is 50.0. The van der Waals surface area contributed by atoms with Gasteiger partial charge in [0.15, 0.2) is 0 Å². The predicted molar refractivity (Wildman–Crippen MR) is 207 cm³/mol. The SMILES string of the molecule is C.CC(C)(C)c1ccc(C(=O)O)c(N)c1.CC(C)CC(=O)Cl.CC(C)CC(=O)Nc1cc(C(C)(C)C)ccc1C(=O)O.CCN(CC)CC. The first-order valence-electron chi connectivity index (χ1n) is 16.6. The van der Waals surface area contributed by atoms with E-state index in [1.165, 1.54) is 19.6 Å². The number of carbonyl (C=O) groups excluding carboxylic acids is 2. The van der Waals surface area contributed by atoms with Crippen molar-refractivity contribution in [2.45, 2.75) is 121 Å². The molecule has 0 aliphatic rings. The molecule has 9 nitrogen and oxygen atoms in total. The highest BCUT2D eigenvalue weighted by Crippen LogP contribution is 2.28. The molecule has 0 aliphatic heterocycles. The van der Waals surface area contributed by atoms with Crippen LogP contribution < -0.4 is 11.1 Å². The van der Waals surface area contributed by atoms with Crippen LogP contribution in [-0.2, 0) is 20.4 Å². The number of nitrogen functional groups attached to an aromatic ring is 1. The van der Waals surface area contributed by atoms with E-state index in [2.05, 4.69) is 51.8 Å². The van der Waals surface area contributed by atoms with Crippen molar-refractivity contribution in [2.24, 2.45) is 11.8 Å². The van der Waals surface area contributed by atoms with Gasteiger partial charge in [0.05, 0.1) is 16.8 Å². The van der Waals surface area contributed by atoms with E-state index in [1.807, 2.05) is 48.5 Å². The monoisotopic (exact) mass is 707 g/mol. The third kappa shape index (κ3) is 22.0. The van der Waals surface area contributed by atoms with Gasteiger partial charge in [0.2, 0.25) is 11.1 Å². The van der Waals surface area contributed by atoms with Crippen LogP contribution in [-0.4, -0.2) is 57.8 Å². The number of nitrogens with one attached hydrogen (secondary N) is 1. The maximum Gasteiger partial charge on any atom is 0.337 e. The molecule has 0 heterocycles. The van der Waals surface area contributed by atoms with Gasteiger partial charge in [0.1, 0.15) is 0 Å². The lowest BCUT2D eigenvalue weighted by molar-refractivity contribution is -0.117. The number of hydrogen-bond donors (Lipinski definition) is 4. The van der Waals surface area contributed by atoms with Crippen LogP contribution in [0, 0.1) is 11.8 Å². The van der Waals surface area contributed by atoms with Crippen molar-refractivity contribution in [1.29, 1.82) is 0 Å². The number of rotatable bonds is 10. The number of carboxylic acids is 2. The van der Waals surface area contributed by atoms with Crippen LogP contribution in [0.1, 0.15) is 142 Å². The Kier molecular flexibility index (Phi) is 24.3. The summed E-state index contributed by atoms with van der Waals surface area (Å²) in [6.45, 7) is 30.2. The highest BCUT2D eigenvalue weighted by atomic mass is 35.5. The molecule has 0 fully saturated rings. The second kappa shape index (κ2) is 23.8. The van der Waals surface area contributed by atoms with Crippen LogP contribution in [0.4, 0.5) is 11.4 Å². The summed E-state index contributed by atoms with van der Waals surface area (Å²) < 4.78 is 0. The molecule has 10 heteroatoms. The number of nitrogens with zero attached hydrogens (tertiary/aromatic N) is 1. The lowest BCUT2D eigenvalue weighted by Crippen LogP contribution is -2.21. The van der Waals surface area contributed by atoms with E-state index in [0.29, 0.717) is 30.1 Å². The van der Waals surface area contributed by atoms with Crippen molar-refractivity contribution in [3.63, 3.8) is 0 Å². The summed E-state index contributed by atoms with van der Waals surface area (Å²) in [6.07, 6.45) is 0.861. The van der Waals surface area contributed by atoms with E-state index in [-0.39, 0.29) is 46.5 Å². The number of anilines is 2. The molecule has 2 aromatic carbocycles. The molecule has 49 heavy (non-hydrogen) atoms. The van der Waals surface area contributed by atoms with Gasteiger partial charge in [-0.25, -0.2) is 9.59 Å². The fourth-order valence-electron chi connectivity index (χ4n) is 4.09. The van der Waals surface area contributed by atoms with Crippen molar-refractivity contribution in [3.8, 4) is 0 Å². The number of amides is 1. The first-order chi connectivity index (χ1) is 21.9. The molecular weight excluding hydrogens is 642 g/mol. The first-order valence-corrected chi connectivity index (χ1v) is 17.0. The summed E-state index contributed by atoms with van der Waals surface area (Å²) >= 11 is 5.03. The molecule has 5 N–H and O–H groups in total. The van der Waals surface area contributed by atoms with Gasteiger partial charge in [0, 0.05) is 18.5 Å². The largest absolute Gasteiger partial charge is 0.478 e. The molecule has 0 unspecified atom stereocenters. The van der Waals surface area contributed by atoms with Gasteiger partial charge < -0.3 is 26.2 Å². The highest BCUT2D eigenvalue weighted by Gasteiger charge is 2.19. The van der Waals surface area contributed by atoms with E-state index in [1.54, 1.807) is 36.4 Å². The Morgan fingerprint density at radius 1 is 0.735 bits per heavy atom. The zero-order chi connectivity index (χ0) is 38.0. The second-order valence-corrected chi connectivity index (χ2v) is 14.8. The fraction of sp³-hybridized carbons (Fsp3) is 0.590. The van der Waals surface area contributed by atoms with Crippen LogP contribution in [0.15, 0.2) is 36.4 Å². The minimum atomic E-state index is -1.04. The third-order valence-electron chi connectivity index (χ3n) is 7.04. The van der Waals surface area contributed by atoms with Crippen molar-refractivity contribution < 1.29 is 29.4 Å². The Morgan fingerprint density at radius 2 is 1.12 bits per heavy atom. The average molecular weight is 708 g/mol. The van der Waals surface area contributed by atoms with E-state index in [9.17, 15) is 24.3 Å². The smallest absolute Gasteiger partial charge is 0.337 e. The maximum atomic E-state index is 11.9. The van der Waals surface area contributed by atoms with Gasteiger partial charge in [-0.2, -0.15) is 0 Å². The summed E-state index contributed by atoms with van der Waals surface area (Å²) in [5.74, 6) is -1.55. The molecule has 280 valence electrons. The van der Waals surface area contributed by atoms with Gasteiger partial charge >= 0.3 is 11.9 Å². The van der Waals surface area contributed by atoms with E-state index in [0.717, 1.165) is 11.1 Å². The predicted octanol–water partition coefficient (Wildman–Crippen LogP) is 9.71. The van der Waals surface area contributed by atoms with Gasteiger partial charge in [-0.05, 0) is 89.3 Å². The van der Waals surface area contributed by atoms with Crippen LogP contribution >= 0.6 is 11.6 Å². The number of benzene rings is 2. The molecule has 2 rings (SSSR count). The summed E-state index contributed by atoms with van der Waals surface area (Å²) in [6, 6.07) is 10.2. The molecule has 0 radical (unpaired) electrons. The molecule has 0 aliphatic carbocycles. The quantitative estimate of drug-likeness (QED) is 0.141. The molecule has 2 aromatic rings. The maximum absolute atomic E-state index is 11.9. The van der Waals surface area contributed by atoms with Crippen LogP contribution in [0.2, 0.25) is 0 Å². The summed E-state index contributed by atoms with van der Waals surface area (Å²) in [5, 5.41) is 20.5. The Balaban J connectivity index is -0.000000633. The summed E-state index contributed by atoms with van der Waals surface area (Å²) in [4.78, 5) is 46.2. The minimum absolute atomic E-state index is 0. The zero-order valence-electron chi connectivity index (χ0n) is 31.6. The summed E-state index contributed by atoms with van der Waals surface area (Å²) in [7, 11) is 0. The van der Waals surface area contributed by atoms with Crippen LogP contribution in [0.5, 0.6) is 0 Å². The summed E-state index contributed by atoms with van der Waals surface area (Å²) in [5.41, 5.74) is 8.54. The number of halogens is 1. The Bertz CT molecular complexity index is 1300. The number of aromatic carboxylic acids is 2. The van der Waals surface area contributed by atoms with E-state index >= 15 is 0 Å². The lowest BCUT2D eigenvalue weighted by atomic mass is 9.86. The molecular formula is C39H66ClN3O6. The normalized spacial score (nSPS) is 10.8. The van der Waals surface area contributed by atoms with Gasteiger partial charge in [-0.1, -0.05) is 110 Å². The Morgan fingerprint density at radius 3 is 1.39 bits per heavy atom. The van der Waals surface area contributed by atoms with E-state index in [4.69, 9.17) is 22.4 Å². The molecule has 0 saturated carbocycles. The number of carbonyl (C=O) groups is 4. The number of nitrogens with two attached hydrogens (primary N) is 1. The van der Waals surface area contributed by atoms with Crippen molar-refractivity contribution in [1.82, 2.24) is 4.90 Å². The molecule has 0 atom stereocenters. The number of hydrogen-bond acceptors (Lipinski definition) is 6. The number of carboxylic acid groups (broad SMARTS) is 2. The average Bonchev–Trinajstić information content (AvgIpc) is 2.92. The molecule has 0 aromatic heterocycles.